The van der Waals surface area contributed by atoms with Gasteiger partial charge in [-0.1, -0.05) is 81.8 Å². The molecule has 2 aromatic rings. The molecular formula is C30H41NO4. The molecule has 1 N–H and O–H groups in total. The number of benzene rings is 2. The van der Waals surface area contributed by atoms with Crippen molar-refractivity contribution < 1.29 is 19.1 Å². The quantitative estimate of drug-likeness (QED) is 0.205. The fraction of sp³-hybridized carbons (Fsp3) is 0.533. The molecule has 2 aromatic carbocycles. The van der Waals surface area contributed by atoms with Crippen LogP contribution in [-0.4, -0.2) is 36.5 Å². The van der Waals surface area contributed by atoms with Gasteiger partial charge < -0.3 is 14.8 Å². The summed E-state index contributed by atoms with van der Waals surface area (Å²) in [6.07, 6.45) is 8.14. The second-order valence-corrected chi connectivity index (χ2v) is 10.5. The van der Waals surface area contributed by atoms with E-state index in [0.717, 1.165) is 24.0 Å². The lowest BCUT2D eigenvalue weighted by atomic mass is 10.0. The third-order valence-corrected chi connectivity index (χ3v) is 6.28. The Morgan fingerprint density at radius 3 is 2.26 bits per heavy atom. The number of hydrogen-bond donors (Lipinski definition) is 1. The fourth-order valence-corrected chi connectivity index (χ4v) is 4.37. The Bertz CT molecular complexity index is 992. The van der Waals surface area contributed by atoms with Gasteiger partial charge in [-0.25, -0.2) is 0 Å². The molecule has 0 spiro atoms. The van der Waals surface area contributed by atoms with Crippen LogP contribution < -0.4 is 10.1 Å². The summed E-state index contributed by atoms with van der Waals surface area (Å²) in [7, 11) is 0. The first-order valence-corrected chi connectivity index (χ1v) is 13.1. The Morgan fingerprint density at radius 1 is 0.886 bits per heavy atom. The molecule has 5 nitrogen and oxygen atoms in total. The summed E-state index contributed by atoms with van der Waals surface area (Å²) in [5, 5.41) is 3.42. The minimum absolute atomic E-state index is 0.0214. The number of carbonyl (C=O) groups excluding carboxylic acids is 2. The number of unbranched alkanes of at least 4 members (excludes halogenated alkanes) is 6. The zero-order valence-electron chi connectivity index (χ0n) is 21.8. The van der Waals surface area contributed by atoms with Crippen LogP contribution in [0.2, 0.25) is 0 Å². The normalized spacial score (nSPS) is 13.3. The summed E-state index contributed by atoms with van der Waals surface area (Å²) < 4.78 is 12.0. The molecule has 0 aromatic heterocycles. The average molecular weight is 480 g/mol. The molecule has 1 unspecified atom stereocenters. The van der Waals surface area contributed by atoms with E-state index in [2.05, 4.69) is 33.0 Å². The van der Waals surface area contributed by atoms with E-state index in [1.807, 2.05) is 42.5 Å². The van der Waals surface area contributed by atoms with E-state index in [0.29, 0.717) is 29.8 Å². The van der Waals surface area contributed by atoms with Crippen LogP contribution in [0.25, 0.3) is 11.1 Å². The van der Waals surface area contributed by atoms with E-state index in [4.69, 9.17) is 9.47 Å². The summed E-state index contributed by atoms with van der Waals surface area (Å²) in [5.74, 6) is 0.486. The molecule has 1 aliphatic carbocycles. The highest BCUT2D eigenvalue weighted by molar-refractivity contribution is 6.22. The van der Waals surface area contributed by atoms with Gasteiger partial charge in [0, 0.05) is 35.2 Å². The minimum atomic E-state index is -0.422. The van der Waals surface area contributed by atoms with Crippen molar-refractivity contribution in [1.29, 1.82) is 0 Å². The van der Waals surface area contributed by atoms with Crippen LogP contribution in [0, 0.1) is 0 Å². The summed E-state index contributed by atoms with van der Waals surface area (Å²) in [5.41, 5.74) is 2.96. The average Bonchev–Trinajstić information content (AvgIpc) is 3.12. The van der Waals surface area contributed by atoms with E-state index in [1.54, 1.807) is 0 Å². The van der Waals surface area contributed by atoms with Gasteiger partial charge in [-0.15, -0.1) is 0 Å². The number of ether oxygens (including phenoxy) is 2. The standard InChI is InChI=1S/C30H41NO4/c1-5-6-7-8-9-10-11-19-27(32)35-22(20-31-30(2,3)4)21-34-26-18-14-17-25-28(26)23-15-12-13-16-24(23)29(25)33/h12-18,22,31H,5-11,19-21H2,1-4H3. The highest BCUT2D eigenvalue weighted by atomic mass is 16.6. The molecule has 0 bridgehead atoms. The maximum absolute atomic E-state index is 12.8. The monoisotopic (exact) mass is 479 g/mol. The lowest BCUT2D eigenvalue weighted by Crippen LogP contribution is -2.44. The highest BCUT2D eigenvalue weighted by Crippen LogP contribution is 2.42. The first-order chi connectivity index (χ1) is 16.8. The molecule has 190 valence electrons. The highest BCUT2D eigenvalue weighted by Gasteiger charge is 2.29. The Balaban J connectivity index is 1.60. The molecule has 0 heterocycles. The molecule has 35 heavy (non-hydrogen) atoms. The van der Waals surface area contributed by atoms with Crippen LogP contribution in [0.3, 0.4) is 0 Å². The second kappa shape index (κ2) is 12.9. The summed E-state index contributed by atoms with van der Waals surface area (Å²) in [6, 6.07) is 13.2. The lowest BCUT2D eigenvalue weighted by Gasteiger charge is -2.26. The first-order valence-electron chi connectivity index (χ1n) is 13.1. The van der Waals surface area contributed by atoms with Gasteiger partial charge in [0.15, 0.2) is 5.78 Å². The number of rotatable bonds is 14. The number of ketones is 1. The van der Waals surface area contributed by atoms with Crippen molar-refractivity contribution in [3.63, 3.8) is 0 Å². The van der Waals surface area contributed by atoms with Crippen molar-refractivity contribution in [3.05, 3.63) is 53.6 Å². The molecule has 1 aliphatic rings. The Labute approximate surface area is 210 Å². The molecule has 0 saturated carbocycles. The number of fused-ring (bicyclic) bond motifs is 3. The maximum atomic E-state index is 12.8. The van der Waals surface area contributed by atoms with Gasteiger partial charge in [0.2, 0.25) is 0 Å². The largest absolute Gasteiger partial charge is 0.489 e. The Kier molecular flexibility index (Phi) is 9.91. The number of nitrogens with one attached hydrogen (secondary N) is 1. The van der Waals surface area contributed by atoms with Crippen LogP contribution >= 0.6 is 0 Å². The van der Waals surface area contributed by atoms with Gasteiger partial charge in [0.1, 0.15) is 18.5 Å². The topological polar surface area (TPSA) is 64.6 Å². The lowest BCUT2D eigenvalue weighted by molar-refractivity contribution is -0.150. The third-order valence-electron chi connectivity index (χ3n) is 6.28. The van der Waals surface area contributed by atoms with Crippen molar-refractivity contribution in [2.45, 2.75) is 90.7 Å². The smallest absolute Gasteiger partial charge is 0.306 e. The third kappa shape index (κ3) is 7.93. The van der Waals surface area contributed by atoms with Gasteiger partial charge in [0.25, 0.3) is 0 Å². The minimum Gasteiger partial charge on any atom is -0.489 e. The number of hydrogen-bond acceptors (Lipinski definition) is 5. The van der Waals surface area contributed by atoms with Crippen LogP contribution in [-0.2, 0) is 9.53 Å². The van der Waals surface area contributed by atoms with Crippen molar-refractivity contribution in [2.24, 2.45) is 0 Å². The molecule has 0 aliphatic heterocycles. The second-order valence-electron chi connectivity index (χ2n) is 10.5. The zero-order valence-corrected chi connectivity index (χ0v) is 21.8. The summed E-state index contributed by atoms with van der Waals surface area (Å²) in [6.45, 7) is 9.18. The Morgan fingerprint density at radius 2 is 1.54 bits per heavy atom. The molecule has 1 atom stereocenters. The van der Waals surface area contributed by atoms with Crippen molar-refractivity contribution in [1.82, 2.24) is 5.32 Å². The Hall–Kier alpha value is -2.66. The van der Waals surface area contributed by atoms with E-state index in [1.165, 1.54) is 32.1 Å². The van der Waals surface area contributed by atoms with Crippen LogP contribution in [0.5, 0.6) is 5.75 Å². The fourth-order valence-electron chi connectivity index (χ4n) is 4.37. The van der Waals surface area contributed by atoms with Crippen molar-refractivity contribution in [2.75, 3.05) is 13.2 Å². The first kappa shape index (κ1) is 26.9. The number of esters is 1. The summed E-state index contributed by atoms with van der Waals surface area (Å²) in [4.78, 5) is 25.4. The van der Waals surface area contributed by atoms with E-state index in [9.17, 15) is 9.59 Å². The molecular weight excluding hydrogens is 438 g/mol. The molecule has 0 fully saturated rings. The zero-order chi connectivity index (χ0) is 25.3. The van der Waals surface area contributed by atoms with Gasteiger partial charge in [-0.05, 0) is 38.8 Å². The maximum Gasteiger partial charge on any atom is 0.306 e. The van der Waals surface area contributed by atoms with E-state index in [-0.39, 0.29) is 23.9 Å². The van der Waals surface area contributed by atoms with Crippen LogP contribution in [0.15, 0.2) is 42.5 Å². The predicted octanol–water partition coefficient (Wildman–Crippen LogP) is 6.72. The van der Waals surface area contributed by atoms with E-state index < -0.39 is 6.10 Å². The van der Waals surface area contributed by atoms with Crippen molar-refractivity contribution >= 4 is 11.8 Å². The molecule has 5 heteroatoms. The van der Waals surface area contributed by atoms with Gasteiger partial charge in [0.05, 0.1) is 0 Å². The molecule has 0 saturated heterocycles. The van der Waals surface area contributed by atoms with Gasteiger partial charge in [-0.3, -0.25) is 9.59 Å². The van der Waals surface area contributed by atoms with Gasteiger partial charge >= 0.3 is 5.97 Å². The van der Waals surface area contributed by atoms with Gasteiger partial charge in [-0.2, -0.15) is 0 Å². The molecule has 3 rings (SSSR count). The van der Waals surface area contributed by atoms with Crippen LogP contribution in [0.4, 0.5) is 0 Å². The number of carbonyl (C=O) groups is 2. The molecule has 0 amide bonds. The summed E-state index contributed by atoms with van der Waals surface area (Å²) >= 11 is 0. The van der Waals surface area contributed by atoms with Crippen LogP contribution in [0.1, 0.15) is 95.0 Å². The van der Waals surface area contributed by atoms with Crippen molar-refractivity contribution in [3.8, 4) is 16.9 Å². The SMILES string of the molecule is CCCCCCCCCC(=O)OC(CNC(C)(C)C)COc1cccc2c1-c1ccccc1C2=O. The predicted molar refractivity (Wildman–Crippen MR) is 141 cm³/mol. The van der Waals surface area contributed by atoms with E-state index >= 15 is 0 Å². The molecule has 0 radical (unpaired) electrons.